The van der Waals surface area contributed by atoms with Crippen LogP contribution in [-0.2, 0) is 4.74 Å². The summed E-state index contributed by atoms with van der Waals surface area (Å²) in [7, 11) is 1.74. The molecule has 2 rings (SSSR count). The van der Waals surface area contributed by atoms with Gasteiger partial charge in [0.05, 0.1) is 16.1 Å². The SMILES string of the molecule is C=CC[C@@H](c1ccc(Cl)c(Cl)c1)C1COC(=O)N1C. The Labute approximate surface area is 122 Å². The largest absolute Gasteiger partial charge is 0.447 e. The Bertz CT molecular complexity index is 504. The van der Waals surface area contributed by atoms with Crippen molar-refractivity contribution in [2.45, 2.75) is 18.4 Å². The Morgan fingerprint density at radius 3 is 2.79 bits per heavy atom. The average Bonchev–Trinajstić information content (AvgIpc) is 2.71. The lowest BCUT2D eigenvalue weighted by Gasteiger charge is -2.26. The summed E-state index contributed by atoms with van der Waals surface area (Å²) in [4.78, 5) is 13.1. The molecule has 0 aromatic heterocycles. The van der Waals surface area contributed by atoms with Gasteiger partial charge in [-0.3, -0.25) is 0 Å². The van der Waals surface area contributed by atoms with Crippen molar-refractivity contribution >= 4 is 29.3 Å². The van der Waals surface area contributed by atoms with Crippen molar-refractivity contribution in [2.75, 3.05) is 13.7 Å². The molecule has 0 N–H and O–H groups in total. The summed E-state index contributed by atoms with van der Waals surface area (Å²) in [6, 6.07) is 5.53. The molecular weight excluding hydrogens is 285 g/mol. The minimum absolute atomic E-state index is 0.0113. The molecule has 3 nitrogen and oxygen atoms in total. The van der Waals surface area contributed by atoms with Crippen LogP contribution in [0.3, 0.4) is 0 Å². The number of cyclic esters (lactones) is 1. The summed E-state index contributed by atoms with van der Waals surface area (Å²) in [5, 5.41) is 1.04. The van der Waals surface area contributed by atoms with Crippen LogP contribution in [0.4, 0.5) is 4.79 Å². The van der Waals surface area contributed by atoms with E-state index in [0.717, 1.165) is 12.0 Å². The standard InChI is InChI=1S/C14H15Cl2NO2/c1-3-4-10(13-8-19-14(18)17(13)2)9-5-6-11(15)12(16)7-9/h3,5-7,10,13H,1,4,8H2,2H3/t10-,13?/m0/s1. The van der Waals surface area contributed by atoms with Crippen molar-refractivity contribution in [1.82, 2.24) is 4.90 Å². The number of carbonyl (C=O) groups excluding carboxylic acids is 1. The number of carbonyl (C=O) groups is 1. The van der Waals surface area contributed by atoms with Crippen LogP contribution in [0.15, 0.2) is 30.9 Å². The van der Waals surface area contributed by atoms with Crippen molar-refractivity contribution in [2.24, 2.45) is 0 Å². The monoisotopic (exact) mass is 299 g/mol. The topological polar surface area (TPSA) is 29.5 Å². The Morgan fingerprint density at radius 2 is 2.26 bits per heavy atom. The zero-order chi connectivity index (χ0) is 14.0. The van der Waals surface area contributed by atoms with Gasteiger partial charge in [-0.25, -0.2) is 4.79 Å². The molecule has 1 fully saturated rings. The average molecular weight is 300 g/mol. The quantitative estimate of drug-likeness (QED) is 0.783. The highest BCUT2D eigenvalue weighted by atomic mass is 35.5. The molecule has 1 aromatic rings. The highest BCUT2D eigenvalue weighted by Gasteiger charge is 2.36. The fourth-order valence-corrected chi connectivity index (χ4v) is 2.64. The first-order valence-electron chi connectivity index (χ1n) is 6.00. The lowest BCUT2D eigenvalue weighted by molar-refractivity contribution is 0.163. The van der Waals surface area contributed by atoms with Crippen molar-refractivity contribution in [1.29, 1.82) is 0 Å². The first kappa shape index (κ1) is 14.2. The van der Waals surface area contributed by atoms with E-state index < -0.39 is 0 Å². The molecule has 2 atom stereocenters. The van der Waals surface area contributed by atoms with E-state index in [1.807, 2.05) is 18.2 Å². The molecule has 1 aliphatic rings. The van der Waals surface area contributed by atoms with Crippen molar-refractivity contribution in [3.05, 3.63) is 46.5 Å². The van der Waals surface area contributed by atoms with E-state index in [2.05, 4.69) is 6.58 Å². The van der Waals surface area contributed by atoms with Crippen molar-refractivity contribution in [3.8, 4) is 0 Å². The second-order valence-electron chi connectivity index (χ2n) is 4.56. The Balaban J connectivity index is 2.31. The predicted molar refractivity (Wildman–Crippen MR) is 76.9 cm³/mol. The maximum Gasteiger partial charge on any atom is 0.409 e. The maximum absolute atomic E-state index is 11.5. The van der Waals surface area contributed by atoms with Crippen LogP contribution in [0.25, 0.3) is 0 Å². The highest BCUT2D eigenvalue weighted by Crippen LogP contribution is 2.33. The van der Waals surface area contributed by atoms with E-state index in [9.17, 15) is 4.79 Å². The van der Waals surface area contributed by atoms with Crippen LogP contribution in [-0.4, -0.2) is 30.7 Å². The van der Waals surface area contributed by atoms with Gasteiger partial charge >= 0.3 is 6.09 Å². The molecule has 1 unspecified atom stereocenters. The Hall–Kier alpha value is -1.19. The molecule has 1 aliphatic heterocycles. The second kappa shape index (κ2) is 5.85. The molecule has 19 heavy (non-hydrogen) atoms. The molecule has 0 saturated carbocycles. The number of benzene rings is 1. The van der Waals surface area contributed by atoms with Gasteiger partial charge in [0.2, 0.25) is 0 Å². The van der Waals surface area contributed by atoms with Gasteiger partial charge in [-0.2, -0.15) is 0 Å². The van der Waals surface area contributed by atoms with Crippen LogP contribution in [0.1, 0.15) is 17.9 Å². The zero-order valence-electron chi connectivity index (χ0n) is 10.6. The highest BCUT2D eigenvalue weighted by molar-refractivity contribution is 6.42. The summed E-state index contributed by atoms with van der Waals surface area (Å²) < 4.78 is 5.07. The van der Waals surface area contributed by atoms with E-state index in [1.54, 1.807) is 18.0 Å². The minimum atomic E-state index is -0.292. The van der Waals surface area contributed by atoms with Gasteiger partial charge < -0.3 is 9.64 Å². The fraction of sp³-hybridized carbons (Fsp3) is 0.357. The summed E-state index contributed by atoms with van der Waals surface area (Å²) in [6.07, 6.45) is 2.28. The van der Waals surface area contributed by atoms with Crippen LogP contribution < -0.4 is 0 Å². The number of hydrogen-bond acceptors (Lipinski definition) is 2. The number of likely N-dealkylation sites (N-methyl/N-ethyl adjacent to an activating group) is 1. The van der Waals surface area contributed by atoms with Gasteiger partial charge in [-0.05, 0) is 24.1 Å². The van der Waals surface area contributed by atoms with Gasteiger partial charge in [0.1, 0.15) is 6.61 Å². The molecule has 0 spiro atoms. The second-order valence-corrected chi connectivity index (χ2v) is 5.37. The van der Waals surface area contributed by atoms with Crippen LogP contribution >= 0.6 is 23.2 Å². The molecule has 1 amide bonds. The van der Waals surface area contributed by atoms with Crippen LogP contribution in [0, 0.1) is 0 Å². The van der Waals surface area contributed by atoms with Gasteiger partial charge in [0.15, 0.2) is 0 Å². The lowest BCUT2D eigenvalue weighted by Crippen LogP contribution is -2.34. The van der Waals surface area contributed by atoms with Gasteiger partial charge in [0.25, 0.3) is 0 Å². The Morgan fingerprint density at radius 1 is 1.53 bits per heavy atom. The molecule has 1 aromatic carbocycles. The molecular formula is C14H15Cl2NO2. The van der Waals surface area contributed by atoms with E-state index >= 15 is 0 Å². The molecule has 0 radical (unpaired) electrons. The number of allylic oxidation sites excluding steroid dienone is 1. The summed E-state index contributed by atoms with van der Waals surface area (Å²) in [6.45, 7) is 4.16. The molecule has 1 saturated heterocycles. The van der Waals surface area contributed by atoms with E-state index in [0.29, 0.717) is 16.7 Å². The Kier molecular flexibility index (Phi) is 4.38. The molecule has 0 aliphatic carbocycles. The number of ether oxygens (including phenoxy) is 1. The molecule has 1 heterocycles. The van der Waals surface area contributed by atoms with Crippen molar-refractivity contribution in [3.63, 3.8) is 0 Å². The number of nitrogens with zero attached hydrogens (tertiary/aromatic N) is 1. The third-order valence-electron chi connectivity index (χ3n) is 3.42. The first-order chi connectivity index (χ1) is 9.04. The summed E-state index contributed by atoms with van der Waals surface area (Å²) in [5.74, 6) is 0.101. The third-order valence-corrected chi connectivity index (χ3v) is 4.16. The smallest absolute Gasteiger partial charge is 0.409 e. The molecule has 0 bridgehead atoms. The van der Waals surface area contributed by atoms with Gasteiger partial charge in [-0.1, -0.05) is 35.3 Å². The van der Waals surface area contributed by atoms with Crippen LogP contribution in [0.2, 0.25) is 10.0 Å². The maximum atomic E-state index is 11.5. The molecule has 5 heteroatoms. The predicted octanol–water partition coefficient (Wildman–Crippen LogP) is 4.10. The summed E-state index contributed by atoms with van der Waals surface area (Å²) in [5.41, 5.74) is 1.03. The van der Waals surface area contributed by atoms with Crippen LogP contribution in [0.5, 0.6) is 0 Å². The zero-order valence-corrected chi connectivity index (χ0v) is 12.1. The number of hydrogen-bond donors (Lipinski definition) is 0. The number of amides is 1. The van der Waals surface area contributed by atoms with Gasteiger partial charge in [0, 0.05) is 13.0 Å². The normalized spacial score (nSPS) is 20.3. The van der Waals surface area contributed by atoms with E-state index in [-0.39, 0.29) is 18.1 Å². The first-order valence-corrected chi connectivity index (χ1v) is 6.75. The minimum Gasteiger partial charge on any atom is -0.447 e. The fourth-order valence-electron chi connectivity index (χ4n) is 2.33. The van der Waals surface area contributed by atoms with E-state index in [4.69, 9.17) is 27.9 Å². The number of rotatable bonds is 4. The summed E-state index contributed by atoms with van der Waals surface area (Å²) >= 11 is 12.0. The van der Waals surface area contributed by atoms with Crippen molar-refractivity contribution < 1.29 is 9.53 Å². The number of halogens is 2. The lowest BCUT2D eigenvalue weighted by atomic mass is 9.88. The molecule has 102 valence electrons. The third kappa shape index (κ3) is 2.88. The van der Waals surface area contributed by atoms with Gasteiger partial charge in [-0.15, -0.1) is 6.58 Å². The van der Waals surface area contributed by atoms with E-state index in [1.165, 1.54) is 0 Å².